The summed E-state index contributed by atoms with van der Waals surface area (Å²) in [4.78, 5) is 5.89. The van der Waals surface area contributed by atoms with Gasteiger partial charge in [0, 0.05) is 73.2 Å². The monoisotopic (exact) mass is 316 g/mol. The molecule has 0 spiro atoms. The van der Waals surface area contributed by atoms with Crippen molar-refractivity contribution in [1.29, 1.82) is 0 Å². The summed E-state index contributed by atoms with van der Waals surface area (Å²) < 4.78 is 68.5. The van der Waals surface area contributed by atoms with Crippen LogP contribution in [0.2, 0.25) is 0 Å². The van der Waals surface area contributed by atoms with Crippen molar-refractivity contribution >= 4 is 0 Å². The van der Waals surface area contributed by atoms with Crippen molar-refractivity contribution in [3.8, 4) is 0 Å². The Hall–Kier alpha value is -0.160. The molecule has 3 aliphatic heterocycles. The number of piperazine rings is 2. The fraction of sp³-hybridized carbons (Fsp3) is 1.00. The second kappa shape index (κ2) is 5.73. The van der Waals surface area contributed by atoms with Crippen LogP contribution in [0.1, 0.15) is 58.9 Å². The third kappa shape index (κ3) is 3.35. The van der Waals surface area contributed by atoms with Crippen molar-refractivity contribution in [2.45, 2.75) is 71.1 Å². The van der Waals surface area contributed by atoms with Gasteiger partial charge in [-0.1, -0.05) is 0 Å². The highest BCUT2D eigenvalue weighted by atomic mass is 15.4. The van der Waals surface area contributed by atoms with Crippen LogP contribution in [0.3, 0.4) is 0 Å². The minimum absolute atomic E-state index is 0.0159. The third-order valence-electron chi connectivity index (χ3n) is 4.80. The molecule has 3 fully saturated rings. The summed E-state index contributed by atoms with van der Waals surface area (Å²) >= 11 is 0. The second-order valence-electron chi connectivity index (χ2n) is 8.66. The van der Waals surface area contributed by atoms with Crippen LogP contribution < -0.4 is 0 Å². The van der Waals surface area contributed by atoms with Crippen molar-refractivity contribution in [3.63, 3.8) is 0 Å². The molecule has 0 radical (unpaired) electrons. The first kappa shape index (κ1) is 9.36. The number of hydrogen-bond acceptors (Lipinski definition) is 4. The van der Waals surface area contributed by atoms with Gasteiger partial charge in [0.1, 0.15) is 0 Å². The van der Waals surface area contributed by atoms with Crippen molar-refractivity contribution in [1.82, 2.24) is 19.6 Å². The van der Waals surface area contributed by atoms with Crippen molar-refractivity contribution in [3.05, 3.63) is 0 Å². The highest BCUT2D eigenvalue weighted by molar-refractivity contribution is 5.03. The second-order valence-corrected chi connectivity index (χ2v) is 8.66. The number of nitrogens with zero attached hydrogens (tertiary/aromatic N) is 4. The van der Waals surface area contributed by atoms with E-state index in [1.165, 1.54) is 0 Å². The lowest BCUT2D eigenvalue weighted by molar-refractivity contribution is 0.00261. The first-order valence-corrected chi connectivity index (χ1v) is 8.26. The van der Waals surface area contributed by atoms with E-state index < -0.39 is 31.5 Å². The topological polar surface area (TPSA) is 13.0 Å². The average Bonchev–Trinajstić information content (AvgIpc) is 3.08. The number of likely N-dealkylation sites (tertiary alicyclic amines) is 2. The number of rotatable bonds is 2. The molecule has 22 heavy (non-hydrogen) atoms. The summed E-state index contributed by atoms with van der Waals surface area (Å²) in [5, 5.41) is 0. The Labute approximate surface area is 148 Å². The zero-order valence-corrected chi connectivity index (χ0v) is 14.8. The molecular weight excluding hydrogens is 272 g/mol. The predicted molar refractivity (Wildman–Crippen MR) is 93.1 cm³/mol. The summed E-state index contributed by atoms with van der Waals surface area (Å²) in [7, 11) is 0. The van der Waals surface area contributed by atoms with Gasteiger partial charge in [-0.15, -0.1) is 0 Å². The van der Waals surface area contributed by atoms with Gasteiger partial charge in [-0.3, -0.25) is 19.6 Å². The zero-order chi connectivity index (χ0) is 23.3. The van der Waals surface area contributed by atoms with Crippen LogP contribution in [-0.2, 0) is 0 Å². The van der Waals surface area contributed by atoms with Crippen molar-refractivity contribution in [2.75, 3.05) is 45.7 Å². The maximum Gasteiger partial charge on any atom is 0.0511 e. The molecule has 0 aliphatic carbocycles. The van der Waals surface area contributed by atoms with E-state index in [-0.39, 0.29) is 24.3 Å². The fourth-order valence-electron chi connectivity index (χ4n) is 3.61. The largest absolute Gasteiger partial charge is 0.296 e. The number of fused-ring (bicyclic) bond motifs is 2. The number of hydrogen-bond donors (Lipinski definition) is 0. The van der Waals surface area contributed by atoms with Crippen molar-refractivity contribution in [2.24, 2.45) is 0 Å². The molecule has 0 aromatic carbocycles. The Balaban J connectivity index is 1.93. The van der Waals surface area contributed by atoms with Crippen LogP contribution in [0.25, 0.3) is 0 Å². The molecule has 3 saturated heterocycles. The van der Waals surface area contributed by atoms with E-state index in [0.29, 0.717) is 6.54 Å². The summed E-state index contributed by atoms with van der Waals surface area (Å²) in [6.45, 7) is 1.52. The molecule has 0 aromatic rings. The van der Waals surface area contributed by atoms with Gasteiger partial charge in [0.2, 0.25) is 0 Å². The molecule has 3 aliphatic rings. The zero-order valence-electron chi connectivity index (χ0n) is 22.8. The Morgan fingerprint density at radius 1 is 0.864 bits per heavy atom. The van der Waals surface area contributed by atoms with Gasteiger partial charge in [-0.05, 0) is 48.0 Å². The quantitative estimate of drug-likeness (QED) is 0.771. The van der Waals surface area contributed by atoms with Crippen LogP contribution in [-0.4, -0.2) is 88.5 Å². The summed E-state index contributed by atoms with van der Waals surface area (Å²) in [6.07, 6.45) is 0.908. The van der Waals surface area contributed by atoms with Gasteiger partial charge in [-0.2, -0.15) is 0 Å². The summed E-state index contributed by atoms with van der Waals surface area (Å²) in [6, 6.07) is 0.411. The Bertz CT molecular complexity index is 657. The van der Waals surface area contributed by atoms with Crippen LogP contribution >= 0.6 is 0 Å². The average molecular weight is 317 g/mol. The first-order chi connectivity index (χ1) is 13.2. The molecule has 0 saturated carbocycles. The van der Waals surface area contributed by atoms with Gasteiger partial charge in [0.05, 0.1) is 6.67 Å². The molecule has 4 nitrogen and oxygen atoms in total. The molecule has 3 heterocycles. The molecule has 0 amide bonds. The molecule has 128 valence electrons. The first-order valence-electron chi connectivity index (χ1n) is 12.3. The van der Waals surface area contributed by atoms with E-state index in [2.05, 4.69) is 25.7 Å². The molecule has 4 heteroatoms. The van der Waals surface area contributed by atoms with E-state index in [1.807, 2.05) is 4.90 Å². The van der Waals surface area contributed by atoms with Crippen LogP contribution in [0.15, 0.2) is 0 Å². The predicted octanol–water partition coefficient (Wildman–Crippen LogP) is 1.92. The minimum atomic E-state index is -2.74. The standard InChI is InChI=1S/C18H36N4/c1-17(2,3)21-9-7-19(8-10-21)14-20-12-16-11-15(20)13-22(16)18(4,5)6/h15-16H,7-14H2,1-6H3/i7D2,8D2,9D2,10D2. The summed E-state index contributed by atoms with van der Waals surface area (Å²) in [5.74, 6) is 0. The van der Waals surface area contributed by atoms with Crippen LogP contribution in [0.5, 0.6) is 0 Å². The molecule has 2 unspecified atom stereocenters. The maximum atomic E-state index is 8.60. The maximum absolute atomic E-state index is 8.60. The van der Waals surface area contributed by atoms with E-state index in [1.54, 1.807) is 20.8 Å². The third-order valence-corrected chi connectivity index (χ3v) is 4.80. The molecule has 3 rings (SSSR count). The van der Waals surface area contributed by atoms with E-state index in [9.17, 15) is 0 Å². The highest BCUT2D eigenvalue weighted by Gasteiger charge is 2.46. The molecular formula is C18H36N4. The van der Waals surface area contributed by atoms with Crippen molar-refractivity contribution < 1.29 is 11.0 Å². The highest BCUT2D eigenvalue weighted by Crippen LogP contribution is 2.35. The van der Waals surface area contributed by atoms with Gasteiger partial charge >= 0.3 is 0 Å². The normalized spacial score (nSPS) is 47.5. The lowest BCUT2D eigenvalue weighted by atomic mass is 10.0. The van der Waals surface area contributed by atoms with E-state index in [4.69, 9.17) is 11.0 Å². The molecule has 2 bridgehead atoms. The molecule has 2 atom stereocenters. The minimum Gasteiger partial charge on any atom is -0.296 e. The SMILES string of the molecule is [2H]C1([2H])N(CN2CC3CC2CN3C(C)(C)C)C([2H])([2H])C([2H])([2H])N(C(C)(C)C)C1([2H])[2H]. The smallest absolute Gasteiger partial charge is 0.0511 e. The summed E-state index contributed by atoms with van der Waals surface area (Å²) in [5.41, 5.74) is -1.11. The lowest BCUT2D eigenvalue weighted by Gasteiger charge is -2.45. The van der Waals surface area contributed by atoms with Crippen LogP contribution in [0, 0.1) is 0 Å². The van der Waals surface area contributed by atoms with E-state index in [0.717, 1.165) is 22.8 Å². The molecule has 0 N–H and O–H groups in total. The van der Waals surface area contributed by atoms with E-state index >= 15 is 0 Å². The van der Waals surface area contributed by atoms with Crippen LogP contribution in [0.4, 0.5) is 0 Å². The molecule has 0 aromatic heterocycles. The Morgan fingerprint density at radius 3 is 1.95 bits per heavy atom. The Morgan fingerprint density at radius 2 is 1.50 bits per heavy atom. The van der Waals surface area contributed by atoms with Gasteiger partial charge in [0.25, 0.3) is 0 Å². The fourth-order valence-corrected chi connectivity index (χ4v) is 3.61. The lowest BCUT2D eigenvalue weighted by Crippen LogP contribution is -2.58. The van der Waals surface area contributed by atoms with Gasteiger partial charge in [-0.25, -0.2) is 0 Å². The van der Waals surface area contributed by atoms with Gasteiger partial charge in [0.15, 0.2) is 0 Å². The Kier molecular flexibility index (Phi) is 2.44. The van der Waals surface area contributed by atoms with Gasteiger partial charge < -0.3 is 0 Å².